The Morgan fingerprint density at radius 3 is 2.67 bits per heavy atom. The maximum absolute atomic E-state index is 12.9. The van der Waals surface area contributed by atoms with Crippen molar-refractivity contribution in [3.8, 4) is 11.8 Å². The summed E-state index contributed by atoms with van der Waals surface area (Å²) in [6.07, 6.45) is -3.94. The molecular weight excluding hydrogens is 285 g/mol. The monoisotopic (exact) mass is 298 g/mol. The molecule has 21 heavy (non-hydrogen) atoms. The molecule has 1 unspecified atom stereocenters. The van der Waals surface area contributed by atoms with Crippen molar-refractivity contribution >= 4 is 5.91 Å². The number of hydrogen-bond acceptors (Lipinski definition) is 3. The third kappa shape index (κ3) is 3.88. The maximum Gasteiger partial charge on any atom is 0.420 e. The first kappa shape index (κ1) is 15.2. The van der Waals surface area contributed by atoms with Gasteiger partial charge < -0.3 is 10.1 Å². The van der Waals surface area contributed by atoms with E-state index in [4.69, 9.17) is 10.00 Å². The highest BCUT2D eigenvalue weighted by Crippen LogP contribution is 2.37. The highest BCUT2D eigenvalue weighted by molar-refractivity contribution is 5.81. The molecule has 0 saturated heterocycles. The molecule has 1 aromatic carbocycles. The van der Waals surface area contributed by atoms with Crippen LogP contribution in [0.3, 0.4) is 0 Å². The van der Waals surface area contributed by atoms with Crippen LogP contribution in [0, 0.1) is 11.3 Å². The third-order valence-corrected chi connectivity index (χ3v) is 3.01. The van der Waals surface area contributed by atoms with Gasteiger partial charge in [0.25, 0.3) is 5.91 Å². The quantitative estimate of drug-likeness (QED) is 0.929. The maximum atomic E-state index is 12.9. The Morgan fingerprint density at radius 1 is 1.48 bits per heavy atom. The first-order valence-electron chi connectivity index (χ1n) is 6.39. The zero-order valence-corrected chi connectivity index (χ0v) is 11.2. The predicted octanol–water partition coefficient (Wildman–Crippen LogP) is 2.62. The number of rotatable bonds is 4. The van der Waals surface area contributed by atoms with Gasteiger partial charge in [0.1, 0.15) is 5.75 Å². The largest absolute Gasteiger partial charge is 0.480 e. The number of halogens is 3. The van der Waals surface area contributed by atoms with Crippen LogP contribution >= 0.6 is 0 Å². The molecule has 4 nitrogen and oxygen atoms in total. The summed E-state index contributed by atoms with van der Waals surface area (Å²) in [5.74, 6) is -0.907. The molecule has 0 aromatic heterocycles. The van der Waals surface area contributed by atoms with E-state index in [1.807, 2.05) is 0 Å². The van der Waals surface area contributed by atoms with Gasteiger partial charge in [-0.05, 0) is 38.0 Å². The summed E-state index contributed by atoms with van der Waals surface area (Å²) in [5.41, 5.74) is -1.18. The van der Waals surface area contributed by atoms with Crippen LogP contribution in [-0.2, 0) is 11.0 Å². The Labute approximate surface area is 119 Å². The minimum Gasteiger partial charge on any atom is -0.480 e. The molecule has 1 aliphatic carbocycles. The lowest BCUT2D eigenvalue weighted by Crippen LogP contribution is -2.37. The van der Waals surface area contributed by atoms with Crippen LogP contribution in [0.25, 0.3) is 0 Å². The van der Waals surface area contributed by atoms with Crippen molar-refractivity contribution in [1.29, 1.82) is 5.26 Å². The van der Waals surface area contributed by atoms with E-state index in [9.17, 15) is 18.0 Å². The van der Waals surface area contributed by atoms with Crippen molar-refractivity contribution in [3.05, 3.63) is 29.3 Å². The van der Waals surface area contributed by atoms with Gasteiger partial charge in [0.05, 0.1) is 17.2 Å². The summed E-state index contributed by atoms with van der Waals surface area (Å²) >= 11 is 0. The average molecular weight is 298 g/mol. The van der Waals surface area contributed by atoms with Gasteiger partial charge in [0.2, 0.25) is 0 Å². The Balaban J connectivity index is 2.18. The molecule has 0 spiro atoms. The Kier molecular flexibility index (Phi) is 4.07. The molecule has 1 amide bonds. The van der Waals surface area contributed by atoms with Crippen LogP contribution in [0.2, 0.25) is 0 Å². The number of carbonyl (C=O) groups is 1. The van der Waals surface area contributed by atoms with Gasteiger partial charge >= 0.3 is 6.18 Å². The lowest BCUT2D eigenvalue weighted by Gasteiger charge is -2.18. The van der Waals surface area contributed by atoms with Crippen molar-refractivity contribution in [2.45, 2.75) is 38.1 Å². The van der Waals surface area contributed by atoms with Gasteiger partial charge in [-0.2, -0.15) is 18.4 Å². The summed E-state index contributed by atoms with van der Waals surface area (Å²) in [6.45, 7) is 1.38. The summed E-state index contributed by atoms with van der Waals surface area (Å²) in [4.78, 5) is 11.7. The van der Waals surface area contributed by atoms with Gasteiger partial charge in [-0.15, -0.1) is 0 Å². The molecule has 0 aliphatic heterocycles. The molecule has 112 valence electrons. The summed E-state index contributed by atoms with van der Waals surface area (Å²) in [5, 5.41) is 11.3. The van der Waals surface area contributed by atoms with E-state index in [0.717, 1.165) is 18.9 Å². The zero-order chi connectivity index (χ0) is 15.6. The average Bonchev–Trinajstić information content (AvgIpc) is 3.21. The molecule has 0 bridgehead atoms. The molecular formula is C14H13F3N2O2. The summed E-state index contributed by atoms with van der Waals surface area (Å²) in [7, 11) is 0. The molecule has 0 radical (unpaired) electrons. The van der Waals surface area contributed by atoms with E-state index < -0.39 is 29.5 Å². The van der Waals surface area contributed by atoms with Crippen molar-refractivity contribution in [3.63, 3.8) is 0 Å². The van der Waals surface area contributed by atoms with Gasteiger partial charge in [-0.25, -0.2) is 0 Å². The fraction of sp³-hybridized carbons (Fsp3) is 0.429. The second-order valence-electron chi connectivity index (χ2n) is 4.86. The van der Waals surface area contributed by atoms with Crippen LogP contribution in [-0.4, -0.2) is 18.1 Å². The Bertz CT molecular complexity index is 589. The smallest absolute Gasteiger partial charge is 0.420 e. The van der Waals surface area contributed by atoms with Crippen molar-refractivity contribution in [1.82, 2.24) is 5.32 Å². The van der Waals surface area contributed by atoms with E-state index in [1.54, 1.807) is 6.07 Å². The Hall–Kier alpha value is -2.23. The number of nitrogens with zero attached hydrogens (tertiary/aromatic N) is 1. The van der Waals surface area contributed by atoms with Crippen LogP contribution < -0.4 is 10.1 Å². The topological polar surface area (TPSA) is 62.1 Å². The molecule has 0 heterocycles. The number of carbonyl (C=O) groups excluding carboxylic acids is 1. The number of benzene rings is 1. The molecule has 1 fully saturated rings. The summed E-state index contributed by atoms with van der Waals surface area (Å²) < 4.78 is 44.0. The first-order valence-corrected chi connectivity index (χ1v) is 6.39. The SMILES string of the molecule is CC(Oc1ccc(C#N)cc1C(F)(F)F)C(=O)NC1CC1. The number of ether oxygens (including phenoxy) is 1. The highest BCUT2D eigenvalue weighted by Gasteiger charge is 2.36. The van der Waals surface area contributed by atoms with Crippen LogP contribution in [0.5, 0.6) is 5.75 Å². The van der Waals surface area contributed by atoms with Gasteiger partial charge in [-0.3, -0.25) is 4.79 Å². The lowest BCUT2D eigenvalue weighted by molar-refractivity contribution is -0.140. The third-order valence-electron chi connectivity index (χ3n) is 3.01. The number of alkyl halides is 3. The second-order valence-corrected chi connectivity index (χ2v) is 4.86. The van der Waals surface area contributed by atoms with Crippen molar-refractivity contribution < 1.29 is 22.7 Å². The molecule has 1 aromatic rings. The lowest BCUT2D eigenvalue weighted by atomic mass is 10.1. The second kappa shape index (κ2) is 5.64. The highest BCUT2D eigenvalue weighted by atomic mass is 19.4. The van der Waals surface area contributed by atoms with Crippen molar-refractivity contribution in [2.24, 2.45) is 0 Å². The fourth-order valence-electron chi connectivity index (χ4n) is 1.71. The fourth-order valence-corrected chi connectivity index (χ4v) is 1.71. The molecule has 1 aliphatic rings. The Morgan fingerprint density at radius 2 is 2.14 bits per heavy atom. The van der Waals surface area contributed by atoms with Gasteiger partial charge in [0.15, 0.2) is 6.10 Å². The standard InChI is InChI=1S/C14H13F3N2O2/c1-8(13(20)19-10-3-4-10)21-12-5-2-9(7-18)6-11(12)14(15,16)17/h2,5-6,8,10H,3-4H2,1H3,(H,19,20). The van der Waals surface area contributed by atoms with Gasteiger partial charge in [-0.1, -0.05) is 0 Å². The number of nitriles is 1. The molecule has 1 saturated carbocycles. The minimum atomic E-state index is -4.66. The predicted molar refractivity (Wildman–Crippen MR) is 67.4 cm³/mol. The van der Waals surface area contributed by atoms with E-state index in [-0.39, 0.29) is 11.6 Å². The number of nitrogens with one attached hydrogen (secondary N) is 1. The molecule has 1 atom stereocenters. The van der Waals surface area contributed by atoms with E-state index >= 15 is 0 Å². The van der Waals surface area contributed by atoms with Crippen LogP contribution in [0.4, 0.5) is 13.2 Å². The van der Waals surface area contributed by atoms with Gasteiger partial charge in [0, 0.05) is 6.04 Å². The molecule has 7 heteroatoms. The minimum absolute atomic E-state index is 0.103. The van der Waals surface area contributed by atoms with E-state index in [0.29, 0.717) is 6.07 Å². The molecule has 1 N–H and O–H groups in total. The number of hydrogen-bond donors (Lipinski definition) is 1. The summed E-state index contributed by atoms with van der Waals surface area (Å²) in [6, 6.07) is 4.73. The normalized spacial score (nSPS) is 16.0. The van der Waals surface area contributed by atoms with Crippen LogP contribution in [0.1, 0.15) is 30.9 Å². The van der Waals surface area contributed by atoms with Crippen molar-refractivity contribution in [2.75, 3.05) is 0 Å². The number of amides is 1. The zero-order valence-electron chi connectivity index (χ0n) is 11.2. The van der Waals surface area contributed by atoms with E-state index in [2.05, 4.69) is 5.32 Å². The van der Waals surface area contributed by atoms with Crippen LogP contribution in [0.15, 0.2) is 18.2 Å². The molecule has 2 rings (SSSR count). The first-order chi connectivity index (χ1) is 9.81. The van der Waals surface area contributed by atoms with E-state index in [1.165, 1.54) is 13.0 Å².